The lowest BCUT2D eigenvalue weighted by atomic mass is 9.82. The van der Waals surface area contributed by atoms with Crippen molar-refractivity contribution in [2.75, 3.05) is 21.2 Å². The number of methoxy groups -OCH3 is 1. The van der Waals surface area contributed by atoms with Gasteiger partial charge >= 0.3 is 23.9 Å². The van der Waals surface area contributed by atoms with Crippen molar-refractivity contribution in [1.29, 1.82) is 0 Å². The third-order valence-electron chi connectivity index (χ3n) is 11.3. The molecule has 3 rings (SSSR count). The van der Waals surface area contributed by atoms with Gasteiger partial charge in [-0.3, -0.25) is 19.2 Å². The van der Waals surface area contributed by atoms with Gasteiger partial charge in [-0.05, 0) is 66.5 Å². The summed E-state index contributed by atoms with van der Waals surface area (Å²) in [7, 11) is 4.89. The van der Waals surface area contributed by atoms with E-state index in [1.807, 2.05) is 13.8 Å². The summed E-state index contributed by atoms with van der Waals surface area (Å²) < 4.78 is 55.4. The predicted octanol–water partition coefficient (Wildman–Crippen LogP) is 3.73. The van der Waals surface area contributed by atoms with Gasteiger partial charge in [-0.15, -0.1) is 0 Å². The number of likely N-dealkylation sites (N-methyl/N-ethyl adjacent to an activating group) is 1. The van der Waals surface area contributed by atoms with Crippen LogP contribution in [0.5, 0.6) is 0 Å². The second-order valence-electron chi connectivity index (χ2n) is 16.9. The Balaban J connectivity index is 2.11. The molecule has 0 radical (unpaired) electrons. The standard InChI is InChI=1S/C44H71NO16/c1-12-17-34(50)59-42-28(6)55-36(24-44(42,8)52)60-38-27(5)56-43(41(37(38)45(9)10)58-33(49)13-2)61-39-30(20-21-46)22-25(3)31(48)19-16-14-15-18-26(4)54-35(51)23-32(40(39)53-11)57-29(7)47/h14-16,19,21,25-28,30-32,36-43,48,52H,12-13,17-18,20,22-24H2,1-11H3/b15-14+,19-16+/t25-,26-,27-,28+,30+,31+,32-,36+,37+,38-,39+,40+,41-,42+,43+,44-/m1/s1. The first-order valence-electron chi connectivity index (χ1n) is 21.5. The zero-order valence-electron chi connectivity index (χ0n) is 37.8. The predicted molar refractivity (Wildman–Crippen MR) is 219 cm³/mol. The van der Waals surface area contributed by atoms with Crippen molar-refractivity contribution in [3.63, 3.8) is 0 Å². The van der Waals surface area contributed by atoms with Gasteiger partial charge in [0.1, 0.15) is 36.3 Å². The minimum atomic E-state index is -1.52. The molecule has 3 aliphatic heterocycles. The van der Waals surface area contributed by atoms with Gasteiger partial charge in [-0.1, -0.05) is 45.1 Å². The fourth-order valence-electron chi connectivity index (χ4n) is 8.30. The second kappa shape index (κ2) is 24.5. The summed E-state index contributed by atoms with van der Waals surface area (Å²) in [5, 5.41) is 22.7. The zero-order valence-corrected chi connectivity index (χ0v) is 37.8. The van der Waals surface area contributed by atoms with E-state index in [1.165, 1.54) is 14.0 Å². The lowest BCUT2D eigenvalue weighted by molar-refractivity contribution is -0.345. The van der Waals surface area contributed by atoms with Crippen molar-refractivity contribution in [2.24, 2.45) is 11.8 Å². The molecule has 2 saturated heterocycles. The zero-order chi connectivity index (χ0) is 45.6. The molecule has 2 fully saturated rings. The minimum absolute atomic E-state index is 0.000234. The summed E-state index contributed by atoms with van der Waals surface area (Å²) in [6, 6.07) is -0.774. The molecule has 61 heavy (non-hydrogen) atoms. The number of rotatable bonds is 14. The van der Waals surface area contributed by atoms with Crippen LogP contribution in [-0.4, -0.2) is 152 Å². The Labute approximate surface area is 360 Å². The molecule has 0 aromatic heterocycles. The molecule has 3 aliphatic rings. The number of allylic oxidation sites excluding steroid dienone is 2. The van der Waals surface area contributed by atoms with Crippen LogP contribution in [0, 0.1) is 11.8 Å². The van der Waals surface area contributed by atoms with Gasteiger partial charge in [-0.2, -0.15) is 0 Å². The number of carbonyl (C=O) groups is 5. The Kier molecular flexibility index (Phi) is 20.9. The number of nitrogens with zero attached hydrogens (tertiary/aromatic N) is 1. The summed E-state index contributed by atoms with van der Waals surface area (Å²) in [6.07, 6.45) is -3.71. The molecule has 0 aliphatic carbocycles. The molecule has 3 heterocycles. The second-order valence-corrected chi connectivity index (χ2v) is 16.9. The smallest absolute Gasteiger partial charge is 0.309 e. The molecule has 16 atom stereocenters. The Morgan fingerprint density at radius 2 is 1.66 bits per heavy atom. The average molecular weight is 870 g/mol. The summed E-state index contributed by atoms with van der Waals surface area (Å²) in [4.78, 5) is 65.8. The van der Waals surface area contributed by atoms with E-state index in [0.29, 0.717) is 19.1 Å². The van der Waals surface area contributed by atoms with Crippen LogP contribution >= 0.6 is 0 Å². The van der Waals surface area contributed by atoms with Gasteiger partial charge in [0.05, 0.1) is 36.9 Å². The number of ether oxygens (including phenoxy) is 9. The third kappa shape index (κ3) is 15.2. The SMILES string of the molecule is CCCC(=O)O[C@H]1[C@H](C)O[C@@H](O[C@H]2[C@H](N(C)C)[C@@H](OC(=O)CC)[C@H](O[C@H]3[C@@H](CC=O)C[C@@H](C)[C@@H](O)/C=C/C=C/C[C@@H](C)OC(=O)C[C@@H](OC(C)=O)[C@@H]3OC)O[C@@H]2C)C[C@@]1(C)O. The van der Waals surface area contributed by atoms with E-state index in [1.54, 1.807) is 77.9 Å². The molecule has 0 spiro atoms. The van der Waals surface area contributed by atoms with Gasteiger partial charge < -0.3 is 62.5 Å². The number of esters is 4. The van der Waals surface area contributed by atoms with Crippen molar-refractivity contribution in [3.8, 4) is 0 Å². The maximum atomic E-state index is 13.4. The molecule has 348 valence electrons. The highest BCUT2D eigenvalue weighted by molar-refractivity contribution is 5.72. The number of carbonyl (C=O) groups excluding carboxylic acids is 5. The molecule has 2 N–H and O–H groups in total. The normalized spacial score (nSPS) is 39.0. The monoisotopic (exact) mass is 869 g/mol. The van der Waals surface area contributed by atoms with Gasteiger partial charge in [0.25, 0.3) is 0 Å². The molecule has 0 aromatic carbocycles. The number of aldehydes is 1. The fraction of sp³-hybridized carbons (Fsp3) is 0.795. The van der Waals surface area contributed by atoms with Crippen molar-refractivity contribution in [2.45, 2.75) is 192 Å². The largest absolute Gasteiger partial charge is 0.462 e. The van der Waals surface area contributed by atoms with E-state index >= 15 is 0 Å². The Morgan fingerprint density at radius 1 is 0.951 bits per heavy atom. The molecule has 0 bridgehead atoms. The van der Waals surface area contributed by atoms with E-state index in [2.05, 4.69) is 0 Å². The number of hydrogen-bond donors (Lipinski definition) is 2. The molecule has 0 unspecified atom stereocenters. The molecular weight excluding hydrogens is 798 g/mol. The Morgan fingerprint density at radius 3 is 2.25 bits per heavy atom. The average Bonchev–Trinajstić information content (AvgIpc) is 3.16. The highest BCUT2D eigenvalue weighted by Gasteiger charge is 2.54. The number of hydrogen-bond acceptors (Lipinski definition) is 17. The minimum Gasteiger partial charge on any atom is -0.462 e. The molecule has 17 nitrogen and oxygen atoms in total. The maximum Gasteiger partial charge on any atom is 0.309 e. The quantitative estimate of drug-likeness (QED) is 0.145. The van der Waals surface area contributed by atoms with Crippen molar-refractivity contribution < 1.29 is 76.8 Å². The highest BCUT2D eigenvalue weighted by Crippen LogP contribution is 2.38. The first-order chi connectivity index (χ1) is 28.8. The van der Waals surface area contributed by atoms with Crippen LogP contribution in [0.3, 0.4) is 0 Å². The van der Waals surface area contributed by atoms with Gasteiger partial charge in [0.15, 0.2) is 24.8 Å². The summed E-state index contributed by atoms with van der Waals surface area (Å²) in [5.41, 5.74) is -1.52. The van der Waals surface area contributed by atoms with Crippen LogP contribution in [0.15, 0.2) is 24.3 Å². The third-order valence-corrected chi connectivity index (χ3v) is 11.3. The first kappa shape index (κ1) is 52.1. The van der Waals surface area contributed by atoms with Crippen molar-refractivity contribution in [1.82, 2.24) is 4.90 Å². The van der Waals surface area contributed by atoms with Gasteiger partial charge in [0, 0.05) is 46.1 Å². The van der Waals surface area contributed by atoms with E-state index in [9.17, 15) is 34.2 Å². The van der Waals surface area contributed by atoms with Crippen molar-refractivity contribution >= 4 is 30.2 Å². The van der Waals surface area contributed by atoms with E-state index in [-0.39, 0.29) is 32.1 Å². The molecule has 0 saturated carbocycles. The van der Waals surface area contributed by atoms with Crippen LogP contribution in [-0.2, 0) is 66.6 Å². The van der Waals surface area contributed by atoms with Gasteiger partial charge in [-0.25, -0.2) is 0 Å². The fourth-order valence-corrected chi connectivity index (χ4v) is 8.30. The van der Waals surface area contributed by atoms with E-state index in [4.69, 9.17) is 42.6 Å². The van der Waals surface area contributed by atoms with Crippen molar-refractivity contribution in [3.05, 3.63) is 24.3 Å². The van der Waals surface area contributed by atoms with Gasteiger partial charge in [0.2, 0.25) is 0 Å². The maximum absolute atomic E-state index is 13.4. The van der Waals surface area contributed by atoms with E-state index < -0.39 is 127 Å². The van der Waals surface area contributed by atoms with E-state index in [0.717, 1.165) is 0 Å². The Bertz CT molecular complexity index is 1480. The van der Waals surface area contributed by atoms with Crippen LogP contribution in [0.4, 0.5) is 0 Å². The summed E-state index contributed by atoms with van der Waals surface area (Å²) >= 11 is 0. The topological polar surface area (TPSA) is 212 Å². The molecule has 17 heteroatoms. The number of aliphatic hydroxyl groups excluding tert-OH is 1. The first-order valence-corrected chi connectivity index (χ1v) is 21.5. The Hall–Kier alpha value is -3.29. The lowest BCUT2D eigenvalue weighted by Gasteiger charge is -2.51. The highest BCUT2D eigenvalue weighted by atomic mass is 16.7. The van der Waals surface area contributed by atoms with Crippen LogP contribution in [0.25, 0.3) is 0 Å². The summed E-state index contributed by atoms with van der Waals surface area (Å²) in [5.74, 6) is -3.57. The number of aliphatic hydroxyl groups is 2. The number of cyclic esters (lactones) is 1. The molecular formula is C44H71NO16. The lowest BCUT2D eigenvalue weighted by Crippen LogP contribution is -2.66. The van der Waals surface area contributed by atoms with Crippen LogP contribution < -0.4 is 0 Å². The molecule has 0 aromatic rings. The summed E-state index contributed by atoms with van der Waals surface area (Å²) in [6.45, 7) is 13.2. The van der Waals surface area contributed by atoms with Crippen LogP contribution in [0.1, 0.15) is 107 Å². The van der Waals surface area contributed by atoms with Crippen LogP contribution in [0.2, 0.25) is 0 Å². The molecule has 0 amide bonds.